The van der Waals surface area contributed by atoms with Crippen molar-refractivity contribution >= 4 is 45.7 Å². The van der Waals surface area contributed by atoms with Crippen molar-refractivity contribution in [3.05, 3.63) is 40.5 Å². The van der Waals surface area contributed by atoms with Gasteiger partial charge in [0.1, 0.15) is 11.4 Å². The highest BCUT2D eigenvalue weighted by atomic mass is 35.5. The molecule has 6 heteroatoms. The van der Waals surface area contributed by atoms with Crippen LogP contribution < -0.4 is 11.5 Å². The first-order chi connectivity index (χ1) is 9.08. The number of aromatic nitrogens is 1. The van der Waals surface area contributed by atoms with Crippen molar-refractivity contribution in [2.45, 2.75) is 0 Å². The third-order valence-electron chi connectivity index (χ3n) is 2.87. The highest BCUT2D eigenvalue weighted by molar-refractivity contribution is 6.42. The second-order valence-corrected chi connectivity index (χ2v) is 4.86. The number of hydrogen-bond acceptors (Lipinski definition) is 4. The first-order valence-corrected chi connectivity index (χ1v) is 6.21. The molecule has 2 heterocycles. The fourth-order valence-electron chi connectivity index (χ4n) is 1.91. The second-order valence-electron chi connectivity index (χ2n) is 4.05. The monoisotopic (exact) mass is 293 g/mol. The van der Waals surface area contributed by atoms with Gasteiger partial charge in [-0.15, -0.1) is 0 Å². The van der Waals surface area contributed by atoms with Crippen molar-refractivity contribution in [3.63, 3.8) is 0 Å². The minimum absolute atomic E-state index is 0.185. The quantitative estimate of drug-likeness (QED) is 0.712. The van der Waals surface area contributed by atoms with Gasteiger partial charge in [-0.05, 0) is 18.2 Å². The molecule has 3 aromatic rings. The molecule has 0 aliphatic heterocycles. The van der Waals surface area contributed by atoms with Crippen LogP contribution in [0, 0.1) is 0 Å². The zero-order chi connectivity index (χ0) is 13.6. The van der Waals surface area contributed by atoms with E-state index >= 15 is 0 Å². The molecular formula is C13H9Cl2N3O. The Kier molecular flexibility index (Phi) is 2.77. The number of fused-ring (bicyclic) bond motifs is 1. The van der Waals surface area contributed by atoms with E-state index in [0.29, 0.717) is 27.0 Å². The summed E-state index contributed by atoms with van der Waals surface area (Å²) in [7, 11) is 0. The van der Waals surface area contributed by atoms with Gasteiger partial charge < -0.3 is 15.9 Å². The Hall–Kier alpha value is -1.91. The molecule has 0 saturated heterocycles. The lowest BCUT2D eigenvalue weighted by Crippen LogP contribution is -1.89. The highest BCUT2D eigenvalue weighted by Crippen LogP contribution is 2.36. The molecule has 4 N–H and O–H groups in total. The average Bonchev–Trinajstić information content (AvgIpc) is 2.69. The van der Waals surface area contributed by atoms with Crippen LogP contribution in [0.4, 0.5) is 11.6 Å². The van der Waals surface area contributed by atoms with Gasteiger partial charge in [0.15, 0.2) is 5.58 Å². The van der Waals surface area contributed by atoms with E-state index in [1.54, 1.807) is 24.4 Å². The molecule has 0 unspecified atom stereocenters. The number of pyridine rings is 1. The van der Waals surface area contributed by atoms with E-state index in [2.05, 4.69) is 4.98 Å². The summed E-state index contributed by atoms with van der Waals surface area (Å²) in [4.78, 5) is 4.30. The summed E-state index contributed by atoms with van der Waals surface area (Å²) in [6, 6.07) is 6.99. The summed E-state index contributed by atoms with van der Waals surface area (Å²) in [5.74, 6) is 0.185. The van der Waals surface area contributed by atoms with Crippen molar-refractivity contribution in [1.29, 1.82) is 0 Å². The van der Waals surface area contributed by atoms with Crippen molar-refractivity contribution in [1.82, 2.24) is 4.98 Å². The van der Waals surface area contributed by atoms with Crippen LogP contribution in [0.5, 0.6) is 0 Å². The molecule has 0 saturated carbocycles. The summed E-state index contributed by atoms with van der Waals surface area (Å²) in [6.45, 7) is 0. The van der Waals surface area contributed by atoms with Crippen molar-refractivity contribution in [3.8, 4) is 11.3 Å². The molecular weight excluding hydrogens is 285 g/mol. The molecule has 2 aromatic heterocycles. The summed E-state index contributed by atoms with van der Waals surface area (Å²) < 4.78 is 5.47. The van der Waals surface area contributed by atoms with E-state index in [1.807, 2.05) is 6.07 Å². The van der Waals surface area contributed by atoms with Gasteiger partial charge in [-0.3, -0.25) is 4.98 Å². The standard InChI is InChI=1S/C13H9Cl2N3O/c14-8-2-1-6(5-9(8)15)11-12-7(3-4-18-11)10(16)13(17)19-12/h1-5H,16-17H2. The van der Waals surface area contributed by atoms with Crippen LogP contribution in [0.2, 0.25) is 10.0 Å². The average molecular weight is 294 g/mol. The number of halogens is 2. The predicted molar refractivity (Wildman–Crippen MR) is 78.3 cm³/mol. The van der Waals surface area contributed by atoms with Crippen molar-refractivity contribution in [2.24, 2.45) is 0 Å². The third-order valence-corrected chi connectivity index (χ3v) is 3.60. The van der Waals surface area contributed by atoms with Gasteiger partial charge in [-0.25, -0.2) is 0 Å². The van der Waals surface area contributed by atoms with Crippen LogP contribution in [0.25, 0.3) is 22.2 Å². The maximum Gasteiger partial charge on any atom is 0.214 e. The Morgan fingerprint density at radius 2 is 1.84 bits per heavy atom. The van der Waals surface area contributed by atoms with Crippen LogP contribution in [0.15, 0.2) is 34.9 Å². The number of nitrogens with zero attached hydrogens (tertiary/aromatic N) is 1. The number of rotatable bonds is 1. The lowest BCUT2D eigenvalue weighted by Gasteiger charge is -2.03. The number of benzene rings is 1. The number of nitrogens with two attached hydrogens (primary N) is 2. The smallest absolute Gasteiger partial charge is 0.214 e. The number of furan rings is 1. The molecule has 0 spiro atoms. The van der Waals surface area contributed by atoms with Crippen LogP contribution >= 0.6 is 23.2 Å². The van der Waals surface area contributed by atoms with Gasteiger partial charge >= 0.3 is 0 Å². The van der Waals surface area contributed by atoms with Crippen molar-refractivity contribution < 1.29 is 4.42 Å². The molecule has 0 radical (unpaired) electrons. The van der Waals surface area contributed by atoms with Crippen LogP contribution in [0.1, 0.15) is 0 Å². The van der Waals surface area contributed by atoms with Gasteiger partial charge in [0.25, 0.3) is 0 Å². The van der Waals surface area contributed by atoms with Gasteiger partial charge in [-0.2, -0.15) is 0 Å². The van der Waals surface area contributed by atoms with Crippen LogP contribution in [-0.2, 0) is 0 Å². The van der Waals surface area contributed by atoms with Crippen molar-refractivity contribution in [2.75, 3.05) is 11.5 Å². The fourth-order valence-corrected chi connectivity index (χ4v) is 2.21. The maximum atomic E-state index is 6.01. The van der Waals surface area contributed by atoms with E-state index in [1.165, 1.54) is 0 Å². The topological polar surface area (TPSA) is 78.1 Å². The largest absolute Gasteiger partial charge is 0.436 e. The first kappa shape index (κ1) is 12.1. The molecule has 4 nitrogen and oxygen atoms in total. The Labute approximate surface area is 118 Å². The maximum absolute atomic E-state index is 6.01. The van der Waals surface area contributed by atoms with E-state index in [-0.39, 0.29) is 5.88 Å². The Balaban J connectivity index is 2.30. The third kappa shape index (κ3) is 1.89. The minimum Gasteiger partial charge on any atom is -0.436 e. The molecule has 0 aliphatic rings. The minimum atomic E-state index is 0.185. The van der Waals surface area contributed by atoms with Crippen LogP contribution in [-0.4, -0.2) is 4.98 Å². The van der Waals surface area contributed by atoms with Gasteiger partial charge in [0.05, 0.1) is 10.0 Å². The lowest BCUT2D eigenvalue weighted by molar-refractivity contribution is 0.638. The van der Waals surface area contributed by atoms with E-state index in [9.17, 15) is 0 Å². The van der Waals surface area contributed by atoms with E-state index in [0.717, 1.165) is 10.9 Å². The molecule has 0 bridgehead atoms. The Morgan fingerprint density at radius 1 is 1.05 bits per heavy atom. The second kappa shape index (κ2) is 4.33. The molecule has 1 aromatic carbocycles. The summed E-state index contributed by atoms with van der Waals surface area (Å²) in [5.41, 5.74) is 13.9. The van der Waals surface area contributed by atoms with Gasteiger partial charge in [-0.1, -0.05) is 29.3 Å². The van der Waals surface area contributed by atoms with Gasteiger partial charge in [0, 0.05) is 17.1 Å². The molecule has 0 aliphatic carbocycles. The van der Waals surface area contributed by atoms with E-state index in [4.69, 9.17) is 39.1 Å². The zero-order valence-corrected chi connectivity index (χ0v) is 11.2. The lowest BCUT2D eigenvalue weighted by atomic mass is 10.1. The summed E-state index contributed by atoms with van der Waals surface area (Å²) >= 11 is 11.9. The number of nitrogen functional groups attached to an aromatic ring is 2. The first-order valence-electron chi connectivity index (χ1n) is 5.46. The predicted octanol–water partition coefficient (Wildman–Crippen LogP) is 3.97. The normalized spacial score (nSPS) is 11.1. The van der Waals surface area contributed by atoms with Gasteiger partial charge in [0.2, 0.25) is 5.88 Å². The molecule has 3 rings (SSSR count). The summed E-state index contributed by atoms with van der Waals surface area (Å²) in [5, 5.41) is 1.66. The molecule has 0 atom stereocenters. The Bertz CT molecular complexity index is 783. The highest BCUT2D eigenvalue weighted by Gasteiger charge is 2.15. The molecule has 19 heavy (non-hydrogen) atoms. The number of anilines is 2. The Morgan fingerprint density at radius 3 is 2.58 bits per heavy atom. The van der Waals surface area contributed by atoms with Crippen LogP contribution in [0.3, 0.4) is 0 Å². The number of hydrogen-bond donors (Lipinski definition) is 2. The van der Waals surface area contributed by atoms with E-state index < -0.39 is 0 Å². The zero-order valence-electron chi connectivity index (χ0n) is 9.65. The molecule has 0 amide bonds. The summed E-state index contributed by atoms with van der Waals surface area (Å²) in [6.07, 6.45) is 1.64. The SMILES string of the molecule is Nc1oc2c(-c3ccc(Cl)c(Cl)c3)nccc2c1N. The molecule has 96 valence electrons. The fraction of sp³-hybridized carbons (Fsp3) is 0. The molecule has 0 fully saturated rings.